The monoisotopic (exact) mass is 398 g/mol. The number of nitrogens with one attached hydrogen (secondary N) is 1. The molecule has 0 spiro atoms. The molecular weight excluding hydrogens is 368 g/mol. The van der Waals surface area contributed by atoms with Crippen molar-refractivity contribution in [3.63, 3.8) is 0 Å². The third-order valence-electron chi connectivity index (χ3n) is 4.21. The Hall–Kier alpha value is -3.02. The van der Waals surface area contributed by atoms with Gasteiger partial charge < -0.3 is 14.8 Å². The summed E-state index contributed by atoms with van der Waals surface area (Å²) >= 11 is 0. The molecule has 0 aliphatic heterocycles. The van der Waals surface area contributed by atoms with Gasteiger partial charge in [-0.25, -0.2) is 9.59 Å². The summed E-state index contributed by atoms with van der Waals surface area (Å²) in [6.07, 6.45) is 0. The van der Waals surface area contributed by atoms with Gasteiger partial charge in [0.05, 0.1) is 0 Å². The molecular formula is C23H30N2O4. The molecule has 0 atom stereocenters. The first-order valence-electron chi connectivity index (χ1n) is 9.65. The normalized spacial score (nSPS) is 11.1. The number of urea groups is 1. The predicted octanol–water partition coefficient (Wildman–Crippen LogP) is 4.52. The summed E-state index contributed by atoms with van der Waals surface area (Å²) < 4.78 is 11.0. The van der Waals surface area contributed by atoms with Crippen LogP contribution in [0, 0.1) is 0 Å². The average molecular weight is 399 g/mol. The van der Waals surface area contributed by atoms with Crippen molar-refractivity contribution in [2.75, 3.05) is 18.6 Å². The molecule has 2 aromatic carbocycles. The van der Waals surface area contributed by atoms with E-state index in [-0.39, 0.29) is 24.1 Å². The molecule has 0 aromatic heterocycles. The Balaban J connectivity index is 1.94. The van der Waals surface area contributed by atoms with Crippen LogP contribution in [0.3, 0.4) is 0 Å². The van der Waals surface area contributed by atoms with Gasteiger partial charge in [0.25, 0.3) is 0 Å². The number of para-hydroxylation sites is 1. The first-order chi connectivity index (χ1) is 13.6. The van der Waals surface area contributed by atoms with E-state index in [1.807, 2.05) is 38.1 Å². The number of carbonyl (C=O) groups excluding carboxylic acids is 2. The zero-order valence-electron chi connectivity index (χ0n) is 18.0. The average Bonchev–Trinajstić information content (AvgIpc) is 2.65. The van der Waals surface area contributed by atoms with Crippen LogP contribution in [0.5, 0.6) is 11.5 Å². The molecule has 6 heteroatoms. The first-order valence-corrected chi connectivity index (χ1v) is 9.65. The lowest BCUT2D eigenvalue weighted by Gasteiger charge is -2.22. The molecule has 29 heavy (non-hydrogen) atoms. The van der Waals surface area contributed by atoms with E-state index in [0.717, 1.165) is 5.56 Å². The van der Waals surface area contributed by atoms with Crippen molar-refractivity contribution >= 4 is 17.7 Å². The fourth-order valence-electron chi connectivity index (χ4n) is 2.71. The fraction of sp³-hybridized carbons (Fsp3) is 0.391. The molecule has 6 nitrogen and oxygen atoms in total. The standard InChI is InChI=1S/C23H30N2O4/c1-16(2)24-22(27)25(6)17-11-13-18(14-12-17)29-21(26)15-28-20-10-8-7-9-19(20)23(3,4)5/h7-14,16H,15H2,1-6H3,(H,24,27). The van der Waals surface area contributed by atoms with Gasteiger partial charge in [0.2, 0.25) is 0 Å². The Kier molecular flexibility index (Phi) is 7.26. The second-order valence-electron chi connectivity index (χ2n) is 8.17. The van der Waals surface area contributed by atoms with Crippen molar-refractivity contribution in [3.05, 3.63) is 54.1 Å². The van der Waals surface area contributed by atoms with Gasteiger partial charge in [-0.3, -0.25) is 4.90 Å². The molecule has 156 valence electrons. The molecule has 0 fully saturated rings. The molecule has 0 heterocycles. The highest BCUT2D eigenvalue weighted by molar-refractivity contribution is 5.91. The van der Waals surface area contributed by atoms with E-state index in [1.54, 1.807) is 31.3 Å². The number of carbonyl (C=O) groups is 2. The van der Waals surface area contributed by atoms with Crippen molar-refractivity contribution < 1.29 is 19.1 Å². The molecule has 0 saturated heterocycles. The van der Waals surface area contributed by atoms with Gasteiger partial charge in [-0.05, 0) is 55.2 Å². The molecule has 0 bridgehead atoms. The van der Waals surface area contributed by atoms with E-state index in [2.05, 4.69) is 26.1 Å². The molecule has 0 aliphatic rings. The Labute approximate surface area is 172 Å². The summed E-state index contributed by atoms with van der Waals surface area (Å²) in [6.45, 7) is 9.88. The smallest absolute Gasteiger partial charge is 0.349 e. The van der Waals surface area contributed by atoms with Crippen LogP contribution in [0.2, 0.25) is 0 Å². The van der Waals surface area contributed by atoms with Crippen LogP contribution in [0.4, 0.5) is 10.5 Å². The largest absolute Gasteiger partial charge is 0.482 e. The van der Waals surface area contributed by atoms with Crippen LogP contribution >= 0.6 is 0 Å². The Morgan fingerprint density at radius 2 is 1.66 bits per heavy atom. The van der Waals surface area contributed by atoms with Crippen LogP contribution in [0.25, 0.3) is 0 Å². The molecule has 2 rings (SSSR count). The lowest BCUT2D eigenvalue weighted by atomic mass is 9.86. The number of nitrogens with zero attached hydrogens (tertiary/aromatic N) is 1. The Bertz CT molecular complexity index is 839. The zero-order chi connectivity index (χ0) is 21.6. The number of amides is 2. The summed E-state index contributed by atoms with van der Waals surface area (Å²) in [5, 5.41) is 2.82. The van der Waals surface area contributed by atoms with Crippen molar-refractivity contribution in [1.82, 2.24) is 5.32 Å². The highest BCUT2D eigenvalue weighted by Gasteiger charge is 2.19. The van der Waals surface area contributed by atoms with Crippen LogP contribution in [-0.2, 0) is 10.2 Å². The summed E-state index contributed by atoms with van der Waals surface area (Å²) in [4.78, 5) is 25.7. The van der Waals surface area contributed by atoms with Crippen molar-refractivity contribution in [1.29, 1.82) is 0 Å². The molecule has 0 unspecified atom stereocenters. The minimum absolute atomic E-state index is 0.0496. The highest BCUT2D eigenvalue weighted by Crippen LogP contribution is 2.31. The molecule has 0 saturated carbocycles. The summed E-state index contributed by atoms with van der Waals surface area (Å²) in [5.74, 6) is 0.571. The van der Waals surface area contributed by atoms with Crippen LogP contribution in [-0.4, -0.2) is 31.7 Å². The minimum Gasteiger partial charge on any atom is -0.482 e. The van der Waals surface area contributed by atoms with Gasteiger partial charge >= 0.3 is 12.0 Å². The maximum Gasteiger partial charge on any atom is 0.349 e. The van der Waals surface area contributed by atoms with E-state index < -0.39 is 5.97 Å². The fourth-order valence-corrected chi connectivity index (χ4v) is 2.71. The Morgan fingerprint density at radius 3 is 2.24 bits per heavy atom. The summed E-state index contributed by atoms with van der Waals surface area (Å²) in [6, 6.07) is 14.3. The number of ether oxygens (including phenoxy) is 2. The number of benzene rings is 2. The molecule has 2 amide bonds. The van der Waals surface area contributed by atoms with E-state index in [1.165, 1.54) is 4.90 Å². The SMILES string of the molecule is CC(C)NC(=O)N(C)c1ccc(OC(=O)COc2ccccc2C(C)(C)C)cc1. The molecule has 0 radical (unpaired) electrons. The van der Waals surface area contributed by atoms with Gasteiger partial charge in [-0.15, -0.1) is 0 Å². The number of hydrogen-bond acceptors (Lipinski definition) is 4. The molecule has 2 aromatic rings. The number of esters is 1. The van der Waals surface area contributed by atoms with Crippen molar-refractivity contribution in [2.45, 2.75) is 46.1 Å². The van der Waals surface area contributed by atoms with Crippen molar-refractivity contribution in [2.24, 2.45) is 0 Å². The highest BCUT2D eigenvalue weighted by atomic mass is 16.6. The minimum atomic E-state index is -0.493. The second-order valence-corrected chi connectivity index (χ2v) is 8.17. The number of rotatable bonds is 6. The van der Waals surface area contributed by atoms with Gasteiger partial charge in [-0.2, -0.15) is 0 Å². The van der Waals surface area contributed by atoms with Gasteiger partial charge in [0, 0.05) is 18.8 Å². The predicted molar refractivity (Wildman–Crippen MR) is 115 cm³/mol. The summed E-state index contributed by atoms with van der Waals surface area (Å²) in [7, 11) is 1.68. The first kappa shape index (κ1) is 22.3. The quantitative estimate of drug-likeness (QED) is 0.574. The number of anilines is 1. The maximum absolute atomic E-state index is 12.2. The van der Waals surface area contributed by atoms with Gasteiger partial charge in [0.1, 0.15) is 11.5 Å². The summed E-state index contributed by atoms with van der Waals surface area (Å²) in [5.41, 5.74) is 1.63. The lowest BCUT2D eigenvalue weighted by molar-refractivity contribution is -0.136. The topological polar surface area (TPSA) is 67.9 Å². The van der Waals surface area contributed by atoms with Crippen LogP contribution in [0.15, 0.2) is 48.5 Å². The third-order valence-corrected chi connectivity index (χ3v) is 4.21. The van der Waals surface area contributed by atoms with Crippen molar-refractivity contribution in [3.8, 4) is 11.5 Å². The van der Waals surface area contributed by atoms with E-state index in [0.29, 0.717) is 17.2 Å². The zero-order valence-corrected chi connectivity index (χ0v) is 18.0. The molecule has 1 N–H and O–H groups in total. The van der Waals surface area contributed by atoms with Gasteiger partial charge in [0.15, 0.2) is 6.61 Å². The second kappa shape index (κ2) is 9.45. The van der Waals surface area contributed by atoms with E-state index in [4.69, 9.17) is 9.47 Å². The van der Waals surface area contributed by atoms with Crippen LogP contribution in [0.1, 0.15) is 40.2 Å². The number of hydrogen-bond donors (Lipinski definition) is 1. The van der Waals surface area contributed by atoms with E-state index >= 15 is 0 Å². The third kappa shape index (κ3) is 6.52. The van der Waals surface area contributed by atoms with Gasteiger partial charge in [-0.1, -0.05) is 39.0 Å². The van der Waals surface area contributed by atoms with Crippen LogP contribution < -0.4 is 19.7 Å². The maximum atomic E-state index is 12.2. The Morgan fingerprint density at radius 1 is 1.03 bits per heavy atom. The van der Waals surface area contributed by atoms with E-state index in [9.17, 15) is 9.59 Å². The lowest BCUT2D eigenvalue weighted by Crippen LogP contribution is -2.40. The molecule has 0 aliphatic carbocycles.